The standard InChI is InChI=1S/C36H40N6/c37-35-39(31-21-11-13-23-33(31)41(35)27-29-17-7-5-8-18-29)25-15-3-1-2-4-16-26-40-32-22-12-14-24-34(32)42(36(40)38)28-30-19-9-6-10-20-30/h5-14,17-24,37-38H,1-4,15-16,25-28H2/p+2. The smallest absolute Gasteiger partial charge is 0.290 e. The van der Waals surface area contributed by atoms with Crippen molar-refractivity contribution in [1.29, 1.82) is 0 Å². The lowest BCUT2D eigenvalue weighted by Crippen LogP contribution is -2.37. The van der Waals surface area contributed by atoms with Crippen molar-refractivity contribution in [2.75, 3.05) is 11.5 Å². The Morgan fingerprint density at radius 3 is 1.21 bits per heavy atom. The van der Waals surface area contributed by atoms with E-state index in [2.05, 4.69) is 127 Å². The summed E-state index contributed by atoms with van der Waals surface area (Å²) in [6.45, 7) is 3.46. The topological polar surface area (TPSA) is 69.7 Å². The molecule has 0 aliphatic carbocycles. The summed E-state index contributed by atoms with van der Waals surface area (Å²) in [5.41, 5.74) is 20.8. The molecule has 42 heavy (non-hydrogen) atoms. The minimum atomic E-state index is 0.785. The molecule has 0 atom stereocenters. The van der Waals surface area contributed by atoms with Crippen molar-refractivity contribution in [2.24, 2.45) is 0 Å². The number of para-hydroxylation sites is 4. The zero-order valence-electron chi connectivity index (χ0n) is 24.4. The summed E-state index contributed by atoms with van der Waals surface area (Å²) in [5, 5.41) is 0. The molecule has 6 nitrogen and oxygen atoms in total. The molecule has 0 saturated carbocycles. The van der Waals surface area contributed by atoms with Crippen molar-refractivity contribution in [3.8, 4) is 0 Å². The molecule has 2 heterocycles. The van der Waals surface area contributed by atoms with E-state index in [1.54, 1.807) is 0 Å². The van der Waals surface area contributed by atoms with Gasteiger partial charge in [0.15, 0.2) is 0 Å². The van der Waals surface area contributed by atoms with Crippen molar-refractivity contribution in [2.45, 2.75) is 64.7 Å². The van der Waals surface area contributed by atoms with Crippen LogP contribution in [-0.2, 0) is 26.2 Å². The van der Waals surface area contributed by atoms with Crippen molar-refractivity contribution in [3.05, 3.63) is 120 Å². The van der Waals surface area contributed by atoms with E-state index in [1.165, 1.54) is 58.9 Å². The maximum Gasteiger partial charge on any atom is 0.356 e. The predicted molar refractivity (Wildman–Crippen MR) is 172 cm³/mol. The van der Waals surface area contributed by atoms with Crippen LogP contribution < -0.4 is 20.6 Å². The lowest BCUT2D eigenvalue weighted by Gasteiger charge is -2.05. The molecule has 0 amide bonds. The molecule has 0 radical (unpaired) electrons. The largest absolute Gasteiger partial charge is 0.356 e. The number of unbranched alkanes of at least 4 members (excludes halogenated alkanes) is 5. The molecule has 0 spiro atoms. The van der Waals surface area contributed by atoms with Gasteiger partial charge in [-0.1, -0.05) is 111 Å². The summed E-state index contributed by atoms with van der Waals surface area (Å²) in [6.07, 6.45) is 7.14. The minimum Gasteiger partial charge on any atom is -0.290 e. The lowest BCUT2D eigenvalue weighted by molar-refractivity contribution is -0.648. The fourth-order valence-corrected chi connectivity index (χ4v) is 6.21. The molecule has 0 aliphatic heterocycles. The lowest BCUT2D eigenvalue weighted by atomic mass is 10.1. The zero-order valence-corrected chi connectivity index (χ0v) is 24.4. The van der Waals surface area contributed by atoms with Gasteiger partial charge < -0.3 is 0 Å². The second-order valence-corrected chi connectivity index (χ2v) is 11.3. The molecular formula is C36H42N6+2. The van der Waals surface area contributed by atoms with Crippen LogP contribution in [0.5, 0.6) is 0 Å². The molecule has 0 bridgehead atoms. The summed E-state index contributed by atoms with van der Waals surface area (Å²) in [5.74, 6) is 1.67. The van der Waals surface area contributed by atoms with Crippen LogP contribution in [0.4, 0.5) is 11.9 Å². The molecule has 0 fully saturated rings. The first-order valence-corrected chi connectivity index (χ1v) is 15.3. The van der Waals surface area contributed by atoms with Gasteiger partial charge in [0.2, 0.25) is 0 Å². The number of aryl methyl sites for hydroxylation is 2. The molecule has 214 valence electrons. The van der Waals surface area contributed by atoms with Crippen molar-refractivity contribution in [3.63, 3.8) is 0 Å². The molecule has 6 aromatic rings. The molecule has 6 heteroatoms. The number of benzene rings is 4. The highest BCUT2D eigenvalue weighted by Gasteiger charge is 2.22. The number of rotatable bonds is 13. The number of aromatic nitrogens is 4. The number of fused-ring (bicyclic) bond motifs is 2. The van der Waals surface area contributed by atoms with Crippen LogP contribution in [0, 0.1) is 0 Å². The van der Waals surface area contributed by atoms with Crippen molar-refractivity contribution < 1.29 is 9.13 Å². The van der Waals surface area contributed by atoms with E-state index >= 15 is 0 Å². The van der Waals surface area contributed by atoms with Gasteiger partial charge in [0.1, 0.15) is 22.1 Å². The van der Waals surface area contributed by atoms with Crippen LogP contribution in [0.25, 0.3) is 22.1 Å². The van der Waals surface area contributed by atoms with Crippen LogP contribution in [0.15, 0.2) is 109 Å². The predicted octanol–water partition coefficient (Wildman–Crippen LogP) is 6.47. The Morgan fingerprint density at radius 2 is 0.786 bits per heavy atom. The van der Waals surface area contributed by atoms with Crippen molar-refractivity contribution in [1.82, 2.24) is 9.13 Å². The van der Waals surface area contributed by atoms with E-state index in [0.717, 1.165) is 50.9 Å². The highest BCUT2D eigenvalue weighted by atomic mass is 15.2. The van der Waals surface area contributed by atoms with Gasteiger partial charge >= 0.3 is 11.9 Å². The first kappa shape index (κ1) is 27.6. The first-order valence-electron chi connectivity index (χ1n) is 15.3. The number of hydrogen-bond donors (Lipinski definition) is 2. The highest BCUT2D eigenvalue weighted by Crippen LogP contribution is 2.20. The van der Waals surface area contributed by atoms with Crippen LogP contribution in [-0.4, -0.2) is 9.13 Å². The van der Waals surface area contributed by atoms with E-state index in [9.17, 15) is 0 Å². The second kappa shape index (κ2) is 12.9. The number of nitrogen functional groups attached to an aromatic ring is 2. The van der Waals surface area contributed by atoms with Gasteiger partial charge in [0, 0.05) is 0 Å². The number of anilines is 2. The summed E-state index contributed by atoms with van der Waals surface area (Å²) in [6, 6.07) is 38.2. The third kappa shape index (κ3) is 5.89. The third-order valence-corrected chi connectivity index (χ3v) is 8.41. The molecule has 0 aliphatic rings. The normalized spacial score (nSPS) is 11.5. The summed E-state index contributed by atoms with van der Waals surface area (Å²) < 4.78 is 9.07. The SMILES string of the molecule is Nc1n(CCCCCCCCn2c(N)[n+](Cc3ccccc3)c3ccccc32)c2ccccc2[n+]1Cc1ccccc1. The summed E-state index contributed by atoms with van der Waals surface area (Å²) >= 11 is 0. The van der Waals surface area contributed by atoms with Gasteiger partial charge in [-0.05, 0) is 48.2 Å². The van der Waals surface area contributed by atoms with Gasteiger partial charge in [-0.3, -0.25) is 11.5 Å². The summed E-state index contributed by atoms with van der Waals surface area (Å²) in [4.78, 5) is 0. The molecule has 2 aromatic heterocycles. The van der Waals surface area contributed by atoms with E-state index in [4.69, 9.17) is 11.5 Å². The fraction of sp³-hybridized carbons (Fsp3) is 0.278. The van der Waals surface area contributed by atoms with Crippen molar-refractivity contribution >= 4 is 34.0 Å². The molecule has 6 rings (SSSR count). The molecule has 4 N–H and O–H groups in total. The number of nitrogens with two attached hydrogens (primary N) is 2. The second-order valence-electron chi connectivity index (χ2n) is 11.3. The Morgan fingerprint density at radius 1 is 0.429 bits per heavy atom. The fourth-order valence-electron chi connectivity index (χ4n) is 6.21. The number of imidazole rings is 2. The Labute approximate surface area is 248 Å². The first-order chi connectivity index (χ1) is 20.7. The van der Waals surface area contributed by atoms with Gasteiger partial charge in [0.05, 0.1) is 26.2 Å². The Hall–Kier alpha value is -4.58. The van der Waals surface area contributed by atoms with Gasteiger partial charge in [0.25, 0.3) is 0 Å². The van der Waals surface area contributed by atoms with E-state index in [0.29, 0.717) is 0 Å². The Bertz CT molecular complexity index is 1620. The minimum absolute atomic E-state index is 0.785. The van der Waals surface area contributed by atoms with E-state index in [1.807, 2.05) is 0 Å². The van der Waals surface area contributed by atoms with Crippen LogP contribution in [0.2, 0.25) is 0 Å². The molecule has 0 saturated heterocycles. The highest BCUT2D eigenvalue weighted by molar-refractivity contribution is 5.74. The average molecular weight is 559 g/mol. The molecular weight excluding hydrogens is 516 g/mol. The third-order valence-electron chi connectivity index (χ3n) is 8.41. The number of nitrogens with zero attached hydrogens (tertiary/aromatic N) is 4. The zero-order chi connectivity index (χ0) is 28.7. The molecule has 4 aromatic carbocycles. The Balaban J connectivity index is 1.01. The quantitative estimate of drug-likeness (QED) is 0.126. The number of hydrogen-bond acceptors (Lipinski definition) is 2. The van der Waals surface area contributed by atoms with E-state index in [-0.39, 0.29) is 0 Å². The van der Waals surface area contributed by atoms with Crippen LogP contribution >= 0.6 is 0 Å². The van der Waals surface area contributed by atoms with Crippen LogP contribution in [0.1, 0.15) is 49.7 Å². The summed E-state index contributed by atoms with van der Waals surface area (Å²) in [7, 11) is 0. The van der Waals surface area contributed by atoms with Crippen LogP contribution in [0.3, 0.4) is 0 Å². The van der Waals surface area contributed by atoms with Gasteiger partial charge in [-0.25, -0.2) is 18.3 Å². The van der Waals surface area contributed by atoms with Gasteiger partial charge in [-0.15, -0.1) is 0 Å². The maximum absolute atomic E-state index is 6.71. The van der Waals surface area contributed by atoms with Gasteiger partial charge in [-0.2, -0.15) is 0 Å². The molecule has 0 unspecified atom stereocenters. The maximum atomic E-state index is 6.71. The van der Waals surface area contributed by atoms with E-state index < -0.39 is 0 Å². The monoisotopic (exact) mass is 558 g/mol. The Kier molecular flexibility index (Phi) is 8.50. The average Bonchev–Trinajstić information content (AvgIpc) is 3.45.